The SMILES string of the molecule is O=C(O)C1CCN(C(=O)NCc2ccc(Oc3ccccc3F)c(F)c2)CC1. The molecule has 1 fully saturated rings. The van der Waals surface area contributed by atoms with Gasteiger partial charge in [-0.25, -0.2) is 13.6 Å². The first-order chi connectivity index (χ1) is 13.4. The van der Waals surface area contributed by atoms with E-state index in [9.17, 15) is 18.4 Å². The number of carboxylic acids is 1. The number of para-hydroxylation sites is 1. The molecule has 1 aliphatic rings. The molecule has 2 amide bonds. The molecule has 0 radical (unpaired) electrons. The average molecular weight is 390 g/mol. The molecule has 1 saturated heterocycles. The van der Waals surface area contributed by atoms with Gasteiger partial charge in [-0.2, -0.15) is 0 Å². The standard InChI is InChI=1S/C20H20F2N2O4/c21-15-3-1-2-4-17(15)28-18-6-5-13(11-16(18)22)12-23-20(27)24-9-7-14(8-10-24)19(25)26/h1-6,11,14H,7-10,12H2,(H,23,27)(H,25,26). The van der Waals surface area contributed by atoms with E-state index in [-0.39, 0.29) is 24.1 Å². The second-order valence-electron chi connectivity index (χ2n) is 6.56. The monoisotopic (exact) mass is 390 g/mol. The third-order valence-corrected chi connectivity index (χ3v) is 4.63. The number of carbonyl (C=O) groups is 2. The number of amides is 2. The Labute approximate surface area is 160 Å². The molecule has 2 aromatic carbocycles. The highest BCUT2D eigenvalue weighted by molar-refractivity contribution is 5.75. The average Bonchev–Trinajstić information content (AvgIpc) is 2.69. The van der Waals surface area contributed by atoms with E-state index in [1.54, 1.807) is 17.0 Å². The Morgan fingerprint density at radius 1 is 1.07 bits per heavy atom. The van der Waals surface area contributed by atoms with Crippen LogP contribution in [0.2, 0.25) is 0 Å². The minimum absolute atomic E-state index is 0.0767. The molecule has 0 saturated carbocycles. The van der Waals surface area contributed by atoms with Gasteiger partial charge >= 0.3 is 12.0 Å². The Kier molecular flexibility index (Phi) is 6.08. The molecule has 1 aliphatic heterocycles. The first kappa shape index (κ1) is 19.6. The summed E-state index contributed by atoms with van der Waals surface area (Å²) in [6.07, 6.45) is 0.832. The fourth-order valence-corrected chi connectivity index (χ4v) is 3.00. The second kappa shape index (κ2) is 8.69. The number of hydrogen-bond acceptors (Lipinski definition) is 3. The van der Waals surface area contributed by atoms with Crippen molar-refractivity contribution in [1.82, 2.24) is 10.2 Å². The number of benzene rings is 2. The van der Waals surface area contributed by atoms with Crippen LogP contribution in [0.25, 0.3) is 0 Å². The molecule has 1 heterocycles. The fourth-order valence-electron chi connectivity index (χ4n) is 3.00. The number of rotatable bonds is 5. The molecule has 8 heteroatoms. The summed E-state index contributed by atoms with van der Waals surface area (Å²) in [5, 5.41) is 11.7. The molecule has 0 spiro atoms. The van der Waals surface area contributed by atoms with E-state index < -0.39 is 23.5 Å². The summed E-state index contributed by atoms with van der Waals surface area (Å²) in [5.41, 5.74) is 0.521. The van der Waals surface area contributed by atoms with E-state index in [1.807, 2.05) is 0 Å². The van der Waals surface area contributed by atoms with E-state index in [0.717, 1.165) is 0 Å². The highest BCUT2D eigenvalue weighted by Crippen LogP contribution is 2.27. The van der Waals surface area contributed by atoms with Crippen molar-refractivity contribution >= 4 is 12.0 Å². The lowest BCUT2D eigenvalue weighted by molar-refractivity contribution is -0.143. The maximum absolute atomic E-state index is 14.2. The molecule has 0 unspecified atom stereocenters. The van der Waals surface area contributed by atoms with Gasteiger partial charge in [-0.05, 0) is 42.7 Å². The minimum Gasteiger partial charge on any atom is -0.481 e. The lowest BCUT2D eigenvalue weighted by Gasteiger charge is -2.30. The highest BCUT2D eigenvalue weighted by Gasteiger charge is 2.26. The number of nitrogens with zero attached hydrogens (tertiary/aromatic N) is 1. The summed E-state index contributed by atoms with van der Waals surface area (Å²) in [5.74, 6) is -2.71. The van der Waals surface area contributed by atoms with Gasteiger partial charge in [0.1, 0.15) is 0 Å². The van der Waals surface area contributed by atoms with Crippen molar-refractivity contribution in [3.05, 3.63) is 59.7 Å². The normalized spacial score (nSPS) is 14.6. The van der Waals surface area contributed by atoms with Gasteiger partial charge in [0, 0.05) is 19.6 Å². The Morgan fingerprint density at radius 3 is 2.39 bits per heavy atom. The zero-order valence-corrected chi connectivity index (χ0v) is 15.0. The lowest BCUT2D eigenvalue weighted by Crippen LogP contribution is -2.45. The molecular weight excluding hydrogens is 370 g/mol. The highest BCUT2D eigenvalue weighted by atomic mass is 19.1. The number of urea groups is 1. The van der Waals surface area contributed by atoms with Gasteiger partial charge in [0.2, 0.25) is 0 Å². The van der Waals surface area contributed by atoms with Crippen LogP contribution < -0.4 is 10.1 Å². The van der Waals surface area contributed by atoms with Crippen molar-refractivity contribution in [3.63, 3.8) is 0 Å². The first-order valence-corrected chi connectivity index (χ1v) is 8.90. The molecule has 0 atom stereocenters. The molecule has 2 aromatic rings. The summed E-state index contributed by atoms with van der Waals surface area (Å²) in [7, 11) is 0. The smallest absolute Gasteiger partial charge is 0.317 e. The summed E-state index contributed by atoms with van der Waals surface area (Å²) in [6.45, 7) is 0.841. The van der Waals surface area contributed by atoms with Crippen LogP contribution in [0, 0.1) is 17.6 Å². The van der Waals surface area contributed by atoms with Gasteiger partial charge in [-0.15, -0.1) is 0 Å². The van der Waals surface area contributed by atoms with Crippen LogP contribution >= 0.6 is 0 Å². The maximum atomic E-state index is 14.2. The number of carboxylic acid groups (broad SMARTS) is 1. The van der Waals surface area contributed by atoms with Crippen LogP contribution in [0.5, 0.6) is 11.5 Å². The Bertz CT molecular complexity index is 867. The van der Waals surface area contributed by atoms with Crippen LogP contribution in [0.3, 0.4) is 0 Å². The Morgan fingerprint density at radius 2 is 1.75 bits per heavy atom. The van der Waals surface area contributed by atoms with Gasteiger partial charge in [-0.1, -0.05) is 18.2 Å². The van der Waals surface area contributed by atoms with Gasteiger partial charge < -0.3 is 20.1 Å². The zero-order valence-electron chi connectivity index (χ0n) is 15.0. The van der Waals surface area contributed by atoms with E-state index in [0.29, 0.717) is 31.5 Å². The fraction of sp³-hybridized carbons (Fsp3) is 0.300. The summed E-state index contributed by atoms with van der Waals surface area (Å²) < 4.78 is 33.1. The van der Waals surface area contributed by atoms with Crippen LogP contribution in [0.15, 0.2) is 42.5 Å². The van der Waals surface area contributed by atoms with Crippen molar-refractivity contribution in [2.45, 2.75) is 19.4 Å². The van der Waals surface area contributed by atoms with Crippen LogP contribution in [0.1, 0.15) is 18.4 Å². The molecule has 28 heavy (non-hydrogen) atoms. The van der Waals surface area contributed by atoms with Gasteiger partial charge in [0.15, 0.2) is 23.1 Å². The minimum atomic E-state index is -0.840. The number of likely N-dealkylation sites (tertiary alicyclic amines) is 1. The van der Waals surface area contributed by atoms with E-state index in [4.69, 9.17) is 9.84 Å². The molecule has 6 nitrogen and oxygen atoms in total. The number of nitrogens with one attached hydrogen (secondary N) is 1. The number of ether oxygens (including phenoxy) is 1. The van der Waals surface area contributed by atoms with Crippen molar-refractivity contribution < 1.29 is 28.2 Å². The van der Waals surface area contributed by atoms with Gasteiger partial charge in [0.25, 0.3) is 0 Å². The molecule has 148 valence electrons. The number of hydrogen-bond donors (Lipinski definition) is 2. The van der Waals surface area contributed by atoms with E-state index >= 15 is 0 Å². The van der Waals surface area contributed by atoms with Crippen molar-refractivity contribution in [1.29, 1.82) is 0 Å². The quantitative estimate of drug-likeness (QED) is 0.815. The van der Waals surface area contributed by atoms with E-state index in [2.05, 4.69) is 5.32 Å². The third kappa shape index (κ3) is 4.76. The van der Waals surface area contributed by atoms with Gasteiger partial charge in [0.05, 0.1) is 5.92 Å². The Balaban J connectivity index is 1.54. The van der Waals surface area contributed by atoms with E-state index in [1.165, 1.54) is 30.3 Å². The van der Waals surface area contributed by atoms with Crippen molar-refractivity contribution in [2.75, 3.05) is 13.1 Å². The molecule has 2 N–H and O–H groups in total. The van der Waals surface area contributed by atoms with Crippen LogP contribution in [0.4, 0.5) is 13.6 Å². The predicted octanol–water partition coefficient (Wildman–Crippen LogP) is 3.76. The molecular formula is C20H20F2N2O4. The molecule has 3 rings (SSSR count). The second-order valence-corrected chi connectivity index (χ2v) is 6.56. The summed E-state index contributed by atoms with van der Waals surface area (Å²) in [6, 6.07) is 9.56. The molecule has 0 bridgehead atoms. The van der Waals surface area contributed by atoms with Crippen molar-refractivity contribution in [2.24, 2.45) is 5.92 Å². The topological polar surface area (TPSA) is 78.9 Å². The molecule has 0 aromatic heterocycles. The number of halogens is 2. The Hall–Kier alpha value is -3.16. The first-order valence-electron chi connectivity index (χ1n) is 8.90. The number of piperidine rings is 1. The van der Waals surface area contributed by atoms with Crippen LogP contribution in [-0.2, 0) is 11.3 Å². The van der Waals surface area contributed by atoms with Crippen LogP contribution in [-0.4, -0.2) is 35.1 Å². The summed E-state index contributed by atoms with van der Waals surface area (Å²) in [4.78, 5) is 24.7. The lowest BCUT2D eigenvalue weighted by atomic mass is 9.97. The largest absolute Gasteiger partial charge is 0.481 e. The number of carbonyl (C=O) groups excluding carboxylic acids is 1. The summed E-state index contributed by atoms with van der Waals surface area (Å²) >= 11 is 0. The predicted molar refractivity (Wildman–Crippen MR) is 97.0 cm³/mol. The maximum Gasteiger partial charge on any atom is 0.317 e. The van der Waals surface area contributed by atoms with Gasteiger partial charge in [-0.3, -0.25) is 4.79 Å². The van der Waals surface area contributed by atoms with Crippen molar-refractivity contribution in [3.8, 4) is 11.5 Å². The molecule has 0 aliphatic carbocycles. The zero-order chi connectivity index (χ0) is 20.1. The number of aliphatic carboxylic acids is 1. The third-order valence-electron chi connectivity index (χ3n) is 4.63.